The molecular weight excluding hydrogens is 256 g/mol. The number of aliphatic hydroxyl groups excluding tert-OH is 1. The fourth-order valence-corrected chi connectivity index (χ4v) is 1.92. The quantitative estimate of drug-likeness (QED) is 0.528. The van der Waals surface area contributed by atoms with Crippen LogP contribution in [-0.4, -0.2) is 36.8 Å². The molecule has 0 aliphatic heterocycles. The normalized spacial score (nSPS) is 13.2. The largest absolute Gasteiger partial charge is 0.385 e. The predicted octanol–water partition coefficient (Wildman–Crippen LogP) is 2.52. The van der Waals surface area contributed by atoms with E-state index in [0.29, 0.717) is 19.8 Å². The van der Waals surface area contributed by atoms with E-state index in [9.17, 15) is 5.11 Å². The van der Waals surface area contributed by atoms with Gasteiger partial charge in [0.25, 0.3) is 0 Å². The Morgan fingerprint density at radius 1 is 1.20 bits per heavy atom. The zero-order valence-electron chi connectivity index (χ0n) is 12.2. The van der Waals surface area contributed by atoms with Crippen LogP contribution in [0.3, 0.4) is 0 Å². The summed E-state index contributed by atoms with van der Waals surface area (Å²) in [4.78, 5) is 0. The monoisotopic (exact) mass is 280 g/mol. The van der Waals surface area contributed by atoms with Gasteiger partial charge in [-0.3, -0.25) is 0 Å². The molecule has 1 N–H and O–H groups in total. The minimum Gasteiger partial charge on any atom is -0.385 e. The zero-order chi connectivity index (χ0) is 14.8. The first-order valence-electron chi connectivity index (χ1n) is 6.89. The van der Waals surface area contributed by atoms with Gasteiger partial charge in [0.2, 0.25) is 5.79 Å². The molecule has 1 rings (SSSR count). The molecule has 4 heteroatoms. The molecule has 0 fully saturated rings. The molecule has 1 unspecified atom stereocenters. The van der Waals surface area contributed by atoms with Crippen LogP contribution in [0, 0.1) is 0 Å². The molecule has 1 atom stereocenters. The SMILES string of the molecule is C=CC(OCC)(OCC)C(O)COCc1ccccc1. The van der Waals surface area contributed by atoms with Gasteiger partial charge in [0.05, 0.1) is 13.2 Å². The van der Waals surface area contributed by atoms with Gasteiger partial charge in [-0.25, -0.2) is 0 Å². The number of aliphatic hydroxyl groups is 1. The second-order valence-corrected chi connectivity index (χ2v) is 4.31. The molecule has 0 aromatic heterocycles. The molecule has 0 saturated carbocycles. The summed E-state index contributed by atoms with van der Waals surface area (Å²) in [5.41, 5.74) is 1.05. The fraction of sp³-hybridized carbons (Fsp3) is 0.500. The highest BCUT2D eigenvalue weighted by Gasteiger charge is 2.36. The second-order valence-electron chi connectivity index (χ2n) is 4.31. The maximum atomic E-state index is 10.3. The Kier molecular flexibility index (Phi) is 7.47. The molecule has 1 aromatic carbocycles. The van der Waals surface area contributed by atoms with Gasteiger partial charge < -0.3 is 19.3 Å². The van der Waals surface area contributed by atoms with Crippen molar-refractivity contribution in [2.45, 2.75) is 32.3 Å². The fourth-order valence-electron chi connectivity index (χ4n) is 1.92. The highest BCUT2D eigenvalue weighted by Crippen LogP contribution is 2.21. The van der Waals surface area contributed by atoms with E-state index in [1.165, 1.54) is 6.08 Å². The molecule has 0 aliphatic rings. The summed E-state index contributed by atoms with van der Waals surface area (Å²) >= 11 is 0. The van der Waals surface area contributed by atoms with E-state index in [0.717, 1.165) is 5.56 Å². The highest BCUT2D eigenvalue weighted by molar-refractivity contribution is 5.13. The topological polar surface area (TPSA) is 47.9 Å². The lowest BCUT2D eigenvalue weighted by molar-refractivity contribution is -0.257. The summed E-state index contributed by atoms with van der Waals surface area (Å²) in [6, 6.07) is 9.79. The molecule has 0 aliphatic carbocycles. The van der Waals surface area contributed by atoms with Crippen LogP contribution in [-0.2, 0) is 20.8 Å². The van der Waals surface area contributed by atoms with Crippen LogP contribution in [0.2, 0.25) is 0 Å². The number of ether oxygens (including phenoxy) is 3. The van der Waals surface area contributed by atoms with E-state index in [1.807, 2.05) is 44.2 Å². The van der Waals surface area contributed by atoms with E-state index < -0.39 is 11.9 Å². The van der Waals surface area contributed by atoms with Crippen molar-refractivity contribution in [1.29, 1.82) is 0 Å². The van der Waals surface area contributed by atoms with Crippen LogP contribution < -0.4 is 0 Å². The van der Waals surface area contributed by atoms with Crippen LogP contribution in [0.15, 0.2) is 43.0 Å². The van der Waals surface area contributed by atoms with Crippen molar-refractivity contribution in [3.63, 3.8) is 0 Å². The van der Waals surface area contributed by atoms with Gasteiger partial charge in [-0.15, -0.1) is 0 Å². The Bertz CT molecular complexity index is 371. The maximum Gasteiger partial charge on any atom is 0.216 e. The second kappa shape index (κ2) is 8.87. The highest BCUT2D eigenvalue weighted by atomic mass is 16.7. The number of hydrogen-bond acceptors (Lipinski definition) is 4. The lowest BCUT2D eigenvalue weighted by Crippen LogP contribution is -2.48. The van der Waals surface area contributed by atoms with Crippen molar-refractivity contribution in [3.05, 3.63) is 48.6 Å². The molecule has 112 valence electrons. The summed E-state index contributed by atoms with van der Waals surface area (Å²) < 4.78 is 16.6. The minimum atomic E-state index is -1.21. The van der Waals surface area contributed by atoms with Gasteiger partial charge in [-0.1, -0.05) is 36.9 Å². The molecule has 0 bridgehead atoms. The summed E-state index contributed by atoms with van der Waals surface area (Å²) in [6.07, 6.45) is 0.555. The standard InChI is InChI=1S/C16H24O4/c1-4-16(19-5-2,20-6-3)15(17)13-18-12-14-10-8-7-9-11-14/h4,7-11,15,17H,1,5-6,12-13H2,2-3H3. The van der Waals surface area contributed by atoms with E-state index in [2.05, 4.69) is 6.58 Å². The Hall–Kier alpha value is -1.20. The summed E-state index contributed by atoms with van der Waals surface area (Å²) in [7, 11) is 0. The number of rotatable bonds is 10. The third kappa shape index (κ3) is 4.72. The first-order valence-corrected chi connectivity index (χ1v) is 6.89. The first-order chi connectivity index (χ1) is 9.68. The van der Waals surface area contributed by atoms with Gasteiger partial charge in [0.1, 0.15) is 6.10 Å². The van der Waals surface area contributed by atoms with Gasteiger partial charge >= 0.3 is 0 Å². The van der Waals surface area contributed by atoms with Crippen molar-refractivity contribution in [1.82, 2.24) is 0 Å². The van der Waals surface area contributed by atoms with Gasteiger partial charge in [-0.05, 0) is 25.5 Å². The van der Waals surface area contributed by atoms with Gasteiger partial charge in [0, 0.05) is 13.2 Å². The zero-order valence-corrected chi connectivity index (χ0v) is 12.2. The molecule has 1 aromatic rings. The number of hydrogen-bond donors (Lipinski definition) is 1. The molecule has 0 heterocycles. The number of benzene rings is 1. The van der Waals surface area contributed by atoms with E-state index >= 15 is 0 Å². The van der Waals surface area contributed by atoms with E-state index in [-0.39, 0.29) is 6.61 Å². The van der Waals surface area contributed by atoms with Crippen LogP contribution in [0.1, 0.15) is 19.4 Å². The van der Waals surface area contributed by atoms with Crippen molar-refractivity contribution in [2.24, 2.45) is 0 Å². The predicted molar refractivity (Wildman–Crippen MR) is 78.3 cm³/mol. The Balaban J connectivity index is 2.53. The molecule has 0 amide bonds. The van der Waals surface area contributed by atoms with Crippen LogP contribution in [0.5, 0.6) is 0 Å². The van der Waals surface area contributed by atoms with Crippen molar-refractivity contribution < 1.29 is 19.3 Å². The lowest BCUT2D eigenvalue weighted by Gasteiger charge is -2.34. The Morgan fingerprint density at radius 2 is 1.80 bits per heavy atom. The Labute approximate surface area is 121 Å². The van der Waals surface area contributed by atoms with Crippen LogP contribution in [0.25, 0.3) is 0 Å². The summed E-state index contributed by atoms with van der Waals surface area (Å²) in [5, 5.41) is 10.3. The van der Waals surface area contributed by atoms with Crippen LogP contribution >= 0.6 is 0 Å². The molecule has 0 spiro atoms. The smallest absolute Gasteiger partial charge is 0.216 e. The van der Waals surface area contributed by atoms with E-state index in [4.69, 9.17) is 14.2 Å². The third-order valence-electron chi connectivity index (χ3n) is 2.88. The van der Waals surface area contributed by atoms with Crippen LogP contribution in [0.4, 0.5) is 0 Å². The summed E-state index contributed by atoms with van der Waals surface area (Å²) in [6.45, 7) is 8.76. The van der Waals surface area contributed by atoms with Crippen molar-refractivity contribution in [2.75, 3.05) is 19.8 Å². The molecule has 4 nitrogen and oxygen atoms in total. The van der Waals surface area contributed by atoms with Gasteiger partial charge in [0.15, 0.2) is 0 Å². The average Bonchev–Trinajstić information content (AvgIpc) is 2.48. The Morgan fingerprint density at radius 3 is 2.30 bits per heavy atom. The third-order valence-corrected chi connectivity index (χ3v) is 2.88. The molecule has 0 saturated heterocycles. The minimum absolute atomic E-state index is 0.112. The summed E-state index contributed by atoms with van der Waals surface area (Å²) in [5.74, 6) is -1.21. The average molecular weight is 280 g/mol. The first kappa shape index (κ1) is 16.9. The maximum absolute atomic E-state index is 10.3. The van der Waals surface area contributed by atoms with E-state index in [1.54, 1.807) is 0 Å². The molecule has 0 radical (unpaired) electrons. The molecular formula is C16H24O4. The van der Waals surface area contributed by atoms with Gasteiger partial charge in [-0.2, -0.15) is 0 Å². The molecule has 20 heavy (non-hydrogen) atoms. The lowest BCUT2D eigenvalue weighted by atomic mass is 10.1. The van der Waals surface area contributed by atoms with Crippen molar-refractivity contribution in [3.8, 4) is 0 Å². The van der Waals surface area contributed by atoms with Crippen molar-refractivity contribution >= 4 is 0 Å².